The van der Waals surface area contributed by atoms with E-state index < -0.39 is 30.6 Å². The molecule has 0 amide bonds. The van der Waals surface area contributed by atoms with E-state index in [0.717, 1.165) is 5.56 Å². The summed E-state index contributed by atoms with van der Waals surface area (Å²) in [7, 11) is 0. The van der Waals surface area contributed by atoms with Crippen LogP contribution >= 0.6 is 0 Å². The highest BCUT2D eigenvalue weighted by molar-refractivity contribution is 5.81. The number of nitrogens with zero attached hydrogens (tertiary/aromatic N) is 4. The number of rotatable bonds is 4. The smallest absolute Gasteiger partial charge is 0.169 e. The molecule has 0 radical (unpaired) electrons. The molecule has 1 saturated heterocycles. The lowest BCUT2D eigenvalue weighted by molar-refractivity contribution is -0.107. The van der Waals surface area contributed by atoms with Crippen LogP contribution in [0.25, 0.3) is 11.2 Å². The molecule has 3 aromatic rings. The molecule has 4 atom stereocenters. The zero-order valence-corrected chi connectivity index (χ0v) is 13.8. The van der Waals surface area contributed by atoms with E-state index in [-0.39, 0.29) is 12.2 Å². The fraction of sp³-hybridized carbons (Fsp3) is 0.353. The number of imidazole rings is 1. The normalized spacial score (nSPS) is 28.7. The molecule has 0 spiro atoms. The maximum absolute atomic E-state index is 11.4. The summed E-state index contributed by atoms with van der Waals surface area (Å²) in [6.07, 6.45) is -0.394. The van der Waals surface area contributed by atoms with Crippen LogP contribution in [0.15, 0.2) is 43.0 Å². The molecule has 0 aliphatic carbocycles. The van der Waals surface area contributed by atoms with Gasteiger partial charge in [-0.15, -0.1) is 0 Å². The monoisotopic (exact) mass is 357 g/mol. The number of aliphatic hydroxyl groups excluding tert-OH is 2. The number of ether oxygens (including phenoxy) is 1. The first-order valence-corrected chi connectivity index (χ1v) is 8.18. The summed E-state index contributed by atoms with van der Waals surface area (Å²) >= 11 is 0. The molecule has 9 nitrogen and oxygen atoms in total. The second-order valence-electron chi connectivity index (χ2n) is 6.39. The van der Waals surface area contributed by atoms with Crippen molar-refractivity contribution < 1.29 is 20.1 Å². The van der Waals surface area contributed by atoms with Crippen LogP contribution < -0.4 is 5.73 Å². The lowest BCUT2D eigenvalue weighted by atomic mass is 9.87. The first kappa shape index (κ1) is 16.9. The average molecular weight is 357 g/mol. The summed E-state index contributed by atoms with van der Waals surface area (Å²) in [5.74, 6) is 0.206. The summed E-state index contributed by atoms with van der Waals surface area (Å²) in [4.78, 5) is 12.3. The average Bonchev–Trinajstić information content (AvgIpc) is 3.17. The van der Waals surface area contributed by atoms with Gasteiger partial charge in [-0.2, -0.15) is 0 Å². The van der Waals surface area contributed by atoms with E-state index in [0.29, 0.717) is 11.2 Å². The third-order valence-corrected chi connectivity index (χ3v) is 4.75. The van der Waals surface area contributed by atoms with Gasteiger partial charge in [-0.05, 0) is 5.56 Å². The zero-order chi connectivity index (χ0) is 18.3. The predicted octanol–water partition coefficient (Wildman–Crippen LogP) is -0.367. The maximum Gasteiger partial charge on any atom is 0.169 e. The predicted molar refractivity (Wildman–Crippen MR) is 91.8 cm³/mol. The Balaban J connectivity index is 1.80. The van der Waals surface area contributed by atoms with Crippen molar-refractivity contribution in [2.45, 2.75) is 30.5 Å². The van der Waals surface area contributed by atoms with Crippen molar-refractivity contribution in [3.05, 3.63) is 48.5 Å². The minimum Gasteiger partial charge on any atom is -0.394 e. The number of hydrogen-bond donors (Lipinski definition) is 4. The van der Waals surface area contributed by atoms with Crippen molar-refractivity contribution in [3.63, 3.8) is 0 Å². The highest BCUT2D eigenvalue weighted by Gasteiger charge is 2.56. The Labute approximate surface area is 148 Å². The molecule has 1 fully saturated rings. The van der Waals surface area contributed by atoms with Crippen LogP contribution in [0.3, 0.4) is 0 Å². The Morgan fingerprint density at radius 3 is 2.69 bits per heavy atom. The molecule has 9 heteroatoms. The number of aliphatic hydroxyl groups is 3. The first-order valence-electron chi connectivity index (χ1n) is 8.18. The molecule has 0 bridgehead atoms. The van der Waals surface area contributed by atoms with Crippen LogP contribution in [0, 0.1) is 0 Å². The maximum atomic E-state index is 11.4. The van der Waals surface area contributed by atoms with E-state index in [1.54, 1.807) is 0 Å². The molecule has 26 heavy (non-hydrogen) atoms. The highest BCUT2D eigenvalue weighted by Crippen LogP contribution is 2.41. The lowest BCUT2D eigenvalue weighted by Gasteiger charge is -2.31. The second kappa shape index (κ2) is 6.29. The van der Waals surface area contributed by atoms with Crippen molar-refractivity contribution in [3.8, 4) is 0 Å². The molecule has 3 heterocycles. The van der Waals surface area contributed by atoms with E-state index >= 15 is 0 Å². The van der Waals surface area contributed by atoms with Gasteiger partial charge in [-0.25, -0.2) is 15.0 Å². The third-order valence-electron chi connectivity index (χ3n) is 4.75. The van der Waals surface area contributed by atoms with Crippen LogP contribution in [0.1, 0.15) is 11.8 Å². The Kier molecular flexibility index (Phi) is 4.08. The molecular formula is C17H19N5O4. The van der Waals surface area contributed by atoms with Gasteiger partial charge in [0.1, 0.15) is 29.7 Å². The summed E-state index contributed by atoms with van der Waals surface area (Å²) in [6, 6.07) is 9.26. The van der Waals surface area contributed by atoms with Crippen molar-refractivity contribution >= 4 is 17.0 Å². The molecule has 1 aliphatic rings. The quantitative estimate of drug-likeness (QED) is 0.496. The largest absolute Gasteiger partial charge is 0.394 e. The number of hydrogen-bond acceptors (Lipinski definition) is 8. The molecule has 4 rings (SSSR count). The second-order valence-corrected chi connectivity index (χ2v) is 6.39. The molecule has 1 aliphatic heterocycles. The number of benzene rings is 1. The molecular weight excluding hydrogens is 338 g/mol. The number of anilines is 1. The van der Waals surface area contributed by atoms with E-state index in [1.807, 2.05) is 30.3 Å². The minimum atomic E-state index is -1.69. The van der Waals surface area contributed by atoms with Crippen LogP contribution in [0.5, 0.6) is 0 Å². The van der Waals surface area contributed by atoms with E-state index in [1.165, 1.54) is 17.2 Å². The van der Waals surface area contributed by atoms with Crippen LogP contribution in [-0.2, 0) is 11.2 Å². The summed E-state index contributed by atoms with van der Waals surface area (Å²) in [5, 5.41) is 31.5. The van der Waals surface area contributed by atoms with Gasteiger partial charge in [0.05, 0.1) is 12.9 Å². The fourth-order valence-corrected chi connectivity index (χ4v) is 3.43. The minimum absolute atomic E-state index is 0.121. The lowest BCUT2D eigenvalue weighted by Crippen LogP contribution is -2.48. The number of aromatic nitrogens is 4. The Morgan fingerprint density at radius 1 is 1.19 bits per heavy atom. The number of nitrogens with two attached hydrogens (primary N) is 1. The zero-order valence-electron chi connectivity index (χ0n) is 13.8. The Morgan fingerprint density at radius 2 is 1.96 bits per heavy atom. The van der Waals surface area contributed by atoms with E-state index in [2.05, 4.69) is 15.0 Å². The van der Waals surface area contributed by atoms with E-state index in [9.17, 15) is 15.3 Å². The van der Waals surface area contributed by atoms with Gasteiger partial charge in [0.25, 0.3) is 0 Å². The van der Waals surface area contributed by atoms with Gasteiger partial charge in [-0.3, -0.25) is 4.57 Å². The number of fused-ring (bicyclic) bond motifs is 1. The number of nitrogen functional groups attached to an aromatic ring is 1. The summed E-state index contributed by atoms with van der Waals surface area (Å²) in [5.41, 5.74) is 5.70. The van der Waals surface area contributed by atoms with Crippen LogP contribution in [0.2, 0.25) is 0 Å². The highest BCUT2D eigenvalue weighted by atomic mass is 16.6. The Bertz CT molecular complexity index is 918. The fourth-order valence-electron chi connectivity index (χ4n) is 3.43. The Hall–Kier alpha value is -2.59. The molecule has 136 valence electrons. The van der Waals surface area contributed by atoms with Crippen LogP contribution in [0.4, 0.5) is 5.82 Å². The van der Waals surface area contributed by atoms with Gasteiger partial charge >= 0.3 is 0 Å². The molecule has 0 saturated carbocycles. The molecule has 2 aromatic heterocycles. The van der Waals surface area contributed by atoms with Crippen molar-refractivity contribution in [2.24, 2.45) is 0 Å². The van der Waals surface area contributed by atoms with Gasteiger partial charge in [0.15, 0.2) is 17.7 Å². The SMILES string of the molecule is Nc1ncnc2c1ncn2[C@@H]1O[C@H](CO)[C@H](O)[C@]1(O)Cc1ccccc1. The standard InChI is InChI=1S/C17H19N5O4/c18-14-12-15(20-8-19-14)22(9-21-12)16-17(25,13(24)11(7-23)26-16)6-10-4-2-1-3-5-10/h1-5,8-9,11,13,16,23-25H,6-7H2,(H2,18,19,20)/t11-,13+,16-,17-/m1/s1. The molecule has 0 unspecified atom stereocenters. The molecule has 1 aromatic carbocycles. The topological polar surface area (TPSA) is 140 Å². The van der Waals surface area contributed by atoms with Gasteiger partial charge < -0.3 is 25.8 Å². The van der Waals surface area contributed by atoms with Crippen LogP contribution in [-0.4, -0.2) is 59.3 Å². The summed E-state index contributed by atoms with van der Waals surface area (Å²) < 4.78 is 7.28. The van der Waals surface area contributed by atoms with Crippen molar-refractivity contribution in [1.82, 2.24) is 19.5 Å². The summed E-state index contributed by atoms with van der Waals surface area (Å²) in [6.45, 7) is -0.432. The van der Waals surface area contributed by atoms with E-state index in [4.69, 9.17) is 10.5 Å². The molecule has 5 N–H and O–H groups in total. The van der Waals surface area contributed by atoms with Gasteiger partial charge in [-0.1, -0.05) is 30.3 Å². The van der Waals surface area contributed by atoms with Gasteiger partial charge in [0.2, 0.25) is 0 Å². The van der Waals surface area contributed by atoms with Crippen molar-refractivity contribution in [2.75, 3.05) is 12.3 Å². The van der Waals surface area contributed by atoms with Gasteiger partial charge in [0, 0.05) is 6.42 Å². The third kappa shape index (κ3) is 2.53. The first-order chi connectivity index (χ1) is 12.5. The van der Waals surface area contributed by atoms with Crippen molar-refractivity contribution in [1.29, 1.82) is 0 Å².